The number of hydrogen-bond acceptors (Lipinski definition) is 4. The molecule has 0 aromatic carbocycles. The van der Waals surface area contributed by atoms with E-state index in [9.17, 15) is 0 Å². The van der Waals surface area contributed by atoms with Gasteiger partial charge < -0.3 is 9.47 Å². The Balaban J connectivity index is 2.31. The quantitative estimate of drug-likeness (QED) is 0.699. The van der Waals surface area contributed by atoms with Crippen LogP contribution in [-0.4, -0.2) is 27.8 Å². The average Bonchev–Trinajstić information content (AvgIpc) is 2.61. The van der Waals surface area contributed by atoms with E-state index in [2.05, 4.69) is 15.4 Å². The normalized spacial score (nSPS) is 39.6. The van der Waals surface area contributed by atoms with E-state index >= 15 is 0 Å². The molecule has 72 valence electrons. The lowest BCUT2D eigenvalue weighted by Gasteiger charge is -2.22. The van der Waals surface area contributed by atoms with Gasteiger partial charge in [0.2, 0.25) is 0 Å². The molecule has 2 heterocycles. The van der Waals surface area contributed by atoms with E-state index in [-0.39, 0.29) is 12.4 Å². The molecule has 3 atom stereocenters. The van der Waals surface area contributed by atoms with Gasteiger partial charge in [-0.25, -0.2) is 0 Å². The first-order valence-corrected chi connectivity index (χ1v) is 4.33. The second-order valence-electron chi connectivity index (χ2n) is 3.43. The van der Waals surface area contributed by atoms with Crippen LogP contribution in [0.1, 0.15) is 26.5 Å². The van der Waals surface area contributed by atoms with Crippen molar-refractivity contribution in [2.24, 2.45) is 0 Å². The zero-order valence-electron chi connectivity index (χ0n) is 7.94. The van der Waals surface area contributed by atoms with E-state index < -0.39 is 5.60 Å². The second-order valence-corrected chi connectivity index (χ2v) is 3.43. The van der Waals surface area contributed by atoms with Crippen LogP contribution < -0.4 is 0 Å². The maximum absolute atomic E-state index is 5.66. The zero-order valence-corrected chi connectivity index (χ0v) is 7.94. The van der Waals surface area contributed by atoms with Gasteiger partial charge in [0.05, 0.1) is 6.10 Å². The van der Waals surface area contributed by atoms with Crippen molar-refractivity contribution in [3.05, 3.63) is 11.9 Å². The molecule has 5 heteroatoms. The van der Waals surface area contributed by atoms with Gasteiger partial charge in [0, 0.05) is 6.20 Å². The maximum Gasteiger partial charge on any atom is 0.156 e. The molecule has 1 aromatic heterocycles. The largest absolute Gasteiger partial charge is 0.347 e. The van der Waals surface area contributed by atoms with Crippen molar-refractivity contribution in [1.82, 2.24) is 15.4 Å². The van der Waals surface area contributed by atoms with Crippen LogP contribution in [0.4, 0.5) is 0 Å². The molecular formula is C8H13N3O2. The smallest absolute Gasteiger partial charge is 0.156 e. The van der Waals surface area contributed by atoms with E-state index in [1.54, 1.807) is 6.20 Å². The van der Waals surface area contributed by atoms with Gasteiger partial charge in [0.15, 0.2) is 6.29 Å². The predicted octanol–water partition coefficient (Wildman–Crippen LogP) is 0.801. The number of hydrogen-bond donors (Lipinski definition) is 1. The number of ether oxygens (including phenoxy) is 2. The molecule has 13 heavy (non-hydrogen) atoms. The molecule has 0 spiro atoms. The van der Waals surface area contributed by atoms with Crippen molar-refractivity contribution in [1.29, 1.82) is 0 Å². The van der Waals surface area contributed by atoms with Crippen LogP contribution in [0.25, 0.3) is 0 Å². The standard InChI is InChI=1S/C8H13N3O2/c1-5-8(3,13-6(2)12-5)7-4-9-11-10-7/h4-6H,1-3H3,(H,9,10,11). The third-order valence-corrected chi connectivity index (χ3v) is 2.51. The van der Waals surface area contributed by atoms with Crippen LogP contribution in [0.3, 0.4) is 0 Å². The van der Waals surface area contributed by atoms with Crippen molar-refractivity contribution in [2.75, 3.05) is 0 Å². The summed E-state index contributed by atoms with van der Waals surface area (Å²) in [5.74, 6) is 0. The molecule has 3 unspecified atom stereocenters. The van der Waals surface area contributed by atoms with Crippen LogP contribution in [0.15, 0.2) is 6.20 Å². The van der Waals surface area contributed by atoms with Gasteiger partial charge in [0.1, 0.15) is 11.3 Å². The summed E-state index contributed by atoms with van der Waals surface area (Å²) in [7, 11) is 0. The highest BCUT2D eigenvalue weighted by Gasteiger charge is 2.45. The van der Waals surface area contributed by atoms with E-state index in [1.165, 1.54) is 0 Å². The fourth-order valence-electron chi connectivity index (χ4n) is 1.60. The summed E-state index contributed by atoms with van der Waals surface area (Å²) in [4.78, 5) is 0. The molecule has 1 aliphatic heterocycles. The van der Waals surface area contributed by atoms with Gasteiger partial charge in [-0.05, 0) is 20.8 Å². The highest BCUT2D eigenvalue weighted by molar-refractivity contribution is 5.09. The molecule has 1 saturated heterocycles. The number of nitrogens with one attached hydrogen (secondary N) is 1. The molecule has 1 N–H and O–H groups in total. The Morgan fingerprint density at radius 1 is 1.54 bits per heavy atom. The highest BCUT2D eigenvalue weighted by atomic mass is 16.7. The second kappa shape index (κ2) is 2.78. The van der Waals surface area contributed by atoms with Crippen molar-refractivity contribution < 1.29 is 9.47 Å². The molecular weight excluding hydrogens is 170 g/mol. The third-order valence-electron chi connectivity index (χ3n) is 2.51. The summed E-state index contributed by atoms with van der Waals surface area (Å²) in [5, 5.41) is 10.3. The Hall–Kier alpha value is -0.940. The number of rotatable bonds is 1. The maximum atomic E-state index is 5.66. The van der Waals surface area contributed by atoms with Crippen LogP contribution in [0, 0.1) is 0 Å². The Bertz CT molecular complexity index is 288. The Labute approximate surface area is 76.4 Å². The molecule has 5 nitrogen and oxygen atoms in total. The van der Waals surface area contributed by atoms with Gasteiger partial charge in [0.25, 0.3) is 0 Å². The number of H-pyrrole nitrogens is 1. The fraction of sp³-hybridized carbons (Fsp3) is 0.750. The predicted molar refractivity (Wildman–Crippen MR) is 44.8 cm³/mol. The van der Waals surface area contributed by atoms with Gasteiger partial charge in [-0.2, -0.15) is 0 Å². The van der Waals surface area contributed by atoms with Gasteiger partial charge in [-0.1, -0.05) is 5.21 Å². The monoisotopic (exact) mass is 183 g/mol. The van der Waals surface area contributed by atoms with Crippen molar-refractivity contribution in [3.63, 3.8) is 0 Å². The van der Waals surface area contributed by atoms with Crippen LogP contribution >= 0.6 is 0 Å². The molecule has 0 aliphatic carbocycles. The molecule has 2 rings (SSSR count). The van der Waals surface area contributed by atoms with E-state index in [0.29, 0.717) is 0 Å². The highest BCUT2D eigenvalue weighted by Crippen LogP contribution is 2.36. The summed E-state index contributed by atoms with van der Waals surface area (Å²) in [5.41, 5.74) is 0.302. The minimum absolute atomic E-state index is 0.00685. The first-order valence-electron chi connectivity index (χ1n) is 4.33. The van der Waals surface area contributed by atoms with Gasteiger partial charge >= 0.3 is 0 Å². The Kier molecular flexibility index (Phi) is 1.85. The van der Waals surface area contributed by atoms with E-state index in [0.717, 1.165) is 5.69 Å². The first kappa shape index (κ1) is 8.65. The zero-order chi connectivity index (χ0) is 9.47. The molecule has 0 amide bonds. The molecule has 0 radical (unpaired) electrons. The lowest BCUT2D eigenvalue weighted by Crippen LogP contribution is -2.32. The minimum atomic E-state index is -0.480. The summed E-state index contributed by atoms with van der Waals surface area (Å²) >= 11 is 0. The summed E-state index contributed by atoms with van der Waals surface area (Å²) in [6, 6.07) is 0. The summed E-state index contributed by atoms with van der Waals surface area (Å²) in [6.45, 7) is 5.80. The lowest BCUT2D eigenvalue weighted by atomic mass is 9.97. The van der Waals surface area contributed by atoms with E-state index in [4.69, 9.17) is 9.47 Å². The molecule has 0 saturated carbocycles. The van der Waals surface area contributed by atoms with Gasteiger partial charge in [-0.3, -0.25) is 5.10 Å². The van der Waals surface area contributed by atoms with Crippen LogP contribution in [0.2, 0.25) is 0 Å². The molecule has 1 aliphatic rings. The minimum Gasteiger partial charge on any atom is -0.347 e. The van der Waals surface area contributed by atoms with Gasteiger partial charge in [-0.15, -0.1) is 5.10 Å². The molecule has 0 bridgehead atoms. The summed E-state index contributed by atoms with van der Waals surface area (Å²) in [6.07, 6.45) is 1.54. The van der Waals surface area contributed by atoms with Crippen molar-refractivity contribution in [3.8, 4) is 0 Å². The van der Waals surface area contributed by atoms with Crippen molar-refractivity contribution in [2.45, 2.75) is 38.8 Å². The fourth-order valence-corrected chi connectivity index (χ4v) is 1.60. The van der Waals surface area contributed by atoms with Crippen LogP contribution in [0.5, 0.6) is 0 Å². The summed E-state index contributed by atoms with van der Waals surface area (Å²) < 4.78 is 11.2. The SMILES string of the molecule is CC1OC(C)C(C)(c2c[nH]nn2)O1. The molecule has 1 aromatic rings. The number of aromatic nitrogens is 3. The molecule has 1 fully saturated rings. The van der Waals surface area contributed by atoms with Crippen molar-refractivity contribution >= 4 is 0 Å². The topological polar surface area (TPSA) is 60.0 Å². The number of aromatic amines is 1. The lowest BCUT2D eigenvalue weighted by molar-refractivity contribution is -0.0747. The first-order chi connectivity index (χ1) is 6.13. The van der Waals surface area contributed by atoms with Crippen LogP contribution in [-0.2, 0) is 15.1 Å². The Morgan fingerprint density at radius 3 is 2.77 bits per heavy atom. The third kappa shape index (κ3) is 1.24. The average molecular weight is 183 g/mol. The van der Waals surface area contributed by atoms with E-state index in [1.807, 2.05) is 20.8 Å². The number of nitrogens with zero attached hydrogens (tertiary/aromatic N) is 2. The Morgan fingerprint density at radius 2 is 2.31 bits per heavy atom.